The van der Waals surface area contributed by atoms with Gasteiger partial charge in [-0.25, -0.2) is 19.2 Å². The summed E-state index contributed by atoms with van der Waals surface area (Å²) < 4.78 is 40.7. The molecule has 10 atom stereocenters. The summed E-state index contributed by atoms with van der Waals surface area (Å²) in [4.78, 5) is 139. The van der Waals surface area contributed by atoms with Crippen LogP contribution in [0.4, 0.5) is 24.9 Å². The van der Waals surface area contributed by atoms with E-state index in [4.69, 9.17) is 44.8 Å². The van der Waals surface area contributed by atoms with Gasteiger partial charge in [0.25, 0.3) is 11.1 Å². The number of anilines is 1. The van der Waals surface area contributed by atoms with E-state index in [0.717, 1.165) is 53.5 Å². The number of carbonyl (C=O) groups excluding carboxylic acids is 10. The minimum atomic E-state index is -1.90. The zero-order valence-electron chi connectivity index (χ0n) is 54.3. The third-order valence-corrected chi connectivity index (χ3v) is 19.6. The maximum Gasteiger partial charge on any atom is 0.412 e. The van der Waals surface area contributed by atoms with Crippen LogP contribution in [-0.2, 0) is 71.8 Å². The molecule has 0 spiro atoms. The number of alkyl carbamates (subject to hydrolysis) is 1. The van der Waals surface area contributed by atoms with Crippen LogP contribution < -0.4 is 20.7 Å². The van der Waals surface area contributed by atoms with Gasteiger partial charge in [-0.05, 0) is 100 Å². The smallest absolute Gasteiger partial charge is 0.412 e. The summed E-state index contributed by atoms with van der Waals surface area (Å²) in [5, 5.41) is 19.1. The van der Waals surface area contributed by atoms with Crippen molar-refractivity contribution in [2.75, 3.05) is 78.9 Å². The number of hydrogen-bond donors (Lipinski definition) is 4. The number of epoxide rings is 1. The van der Waals surface area contributed by atoms with Crippen molar-refractivity contribution in [3.8, 4) is 5.75 Å². The highest BCUT2D eigenvalue weighted by atomic mass is 35.5. The highest BCUT2D eigenvalue weighted by molar-refractivity contribution is 8.13. The Morgan fingerprint density at radius 2 is 1.72 bits per heavy atom. The number of aliphatic hydroxyl groups is 1. The van der Waals surface area contributed by atoms with E-state index >= 15 is 0 Å². The van der Waals surface area contributed by atoms with Crippen LogP contribution in [0.5, 0.6) is 5.75 Å². The molecule has 2 aromatic carbocycles. The molecular formula is C65H86ClN7O18S2. The van der Waals surface area contributed by atoms with Crippen LogP contribution in [0.3, 0.4) is 0 Å². The number of likely N-dealkylation sites (N-methyl/N-ethyl adjacent to an activating group) is 3. The van der Waals surface area contributed by atoms with Crippen LogP contribution in [0, 0.1) is 5.92 Å². The topological polar surface area (TPSA) is 308 Å². The van der Waals surface area contributed by atoms with Crippen LogP contribution in [-0.4, -0.2) is 210 Å². The van der Waals surface area contributed by atoms with Crippen molar-refractivity contribution in [1.29, 1.82) is 0 Å². The first-order chi connectivity index (χ1) is 44.2. The third kappa shape index (κ3) is 19.5. The number of nitrogens with zero attached hydrogens (tertiary/aromatic N) is 4. The minimum Gasteiger partial charge on any atom is -0.495 e. The minimum absolute atomic E-state index is 0.0106. The number of benzene rings is 2. The molecule has 2 unspecified atom stereocenters. The normalized spacial score (nSPS) is 26.4. The molecule has 5 aliphatic rings. The number of carbonyl (C=O) groups is 10. The molecule has 3 fully saturated rings. The average Bonchev–Trinajstić information content (AvgIpc) is 1.58. The van der Waals surface area contributed by atoms with E-state index < -0.39 is 100 Å². The summed E-state index contributed by atoms with van der Waals surface area (Å²) in [6, 6.07) is 6.90. The van der Waals surface area contributed by atoms with Crippen LogP contribution in [0.1, 0.15) is 113 Å². The first-order valence-corrected chi connectivity index (χ1v) is 33.6. The number of fused-ring (bicyclic) bond motifs is 5. The predicted octanol–water partition coefficient (Wildman–Crippen LogP) is 7.76. The van der Waals surface area contributed by atoms with E-state index in [1.165, 1.54) is 80.9 Å². The molecule has 3 aliphatic heterocycles. The highest BCUT2D eigenvalue weighted by Gasteiger charge is 2.64. The molecule has 7 rings (SSSR count). The number of methoxy groups -OCH3 is 2. The van der Waals surface area contributed by atoms with E-state index in [9.17, 15) is 53.1 Å². The number of nitrogens with one attached hydrogen (secondary N) is 3. The number of esters is 1. The molecule has 3 saturated heterocycles. The molecule has 0 aromatic heterocycles. The fourth-order valence-corrected chi connectivity index (χ4v) is 13.1. The number of ketones is 1. The van der Waals surface area contributed by atoms with Gasteiger partial charge in [-0.3, -0.25) is 44.3 Å². The van der Waals surface area contributed by atoms with Gasteiger partial charge < -0.3 is 58.3 Å². The second-order valence-corrected chi connectivity index (χ2v) is 26.6. The molecule has 2 aromatic rings. The molecule has 4 bridgehead atoms. The van der Waals surface area contributed by atoms with E-state index in [2.05, 4.69) is 16.0 Å². The van der Waals surface area contributed by atoms with Crippen molar-refractivity contribution in [3.63, 3.8) is 0 Å². The van der Waals surface area contributed by atoms with Gasteiger partial charge in [0.05, 0.1) is 34.7 Å². The maximum atomic E-state index is 14.2. The van der Waals surface area contributed by atoms with Gasteiger partial charge in [-0.1, -0.05) is 78.7 Å². The Balaban J connectivity index is 0.919. The SMILES string of the molecule is COc1cc2cc(c1Cl)CC(=O)C[C@H](OC(=O)[C@H](C)N(C)C(=O)CCSC(=O)N(C)CCN(C)C(=O)OCc1ccc(NC(=O)OC3/C=C/CCCCC3)c(C(=O)NCCN3C(=O)CC(SC)C3=O)c1)[C@]1(C)O[C@H]1[C@H](C)[C@@H]1C[C@@](O)(NC(=O)O1)[C@H](OC)/C=C/C=C(\C)C2. The van der Waals surface area contributed by atoms with E-state index in [1.807, 2.05) is 31.2 Å². The monoisotopic (exact) mass is 1350 g/mol. The number of imide groups is 1. The number of allylic oxidation sites excluding steroid dienone is 4. The number of halogens is 1. The second-order valence-electron chi connectivity index (χ2n) is 24.2. The standard InChI is InChI=1S/C65H86ClN7O18S2/c1-38-17-16-20-51(86-9)65(84)36-49(89-61(81)69-65)39(2)56-64(4,91-56)52(34-44(74)33-43-30-42(29-38)32-48(85-8)55(43)66)90-59(79)40(3)72(7)53(75)23-28-93-63(83)71(6)27-26-70(5)62(82)87-37-41-21-22-47(68-60(80)88-45-18-14-12-11-13-15-19-45)46(31-41)57(77)67-24-25-73-54(76)35-50(92-10)58(73)78/h14,16-18,20-22,30-32,39-40,45,49-52,56,84H,11-13,15,19,23-29,33-37H2,1-10H3,(H,67,77)(H,68,80)(H,69,81)/b18-14+,20-16+,38-17+/t39-,40+,45?,49+,50?,51-,52+,56+,64+,65+/m1/s1. The third-order valence-electron chi connectivity index (χ3n) is 17.3. The fourth-order valence-electron chi connectivity index (χ4n) is 11.4. The summed E-state index contributed by atoms with van der Waals surface area (Å²) >= 11 is 8.92. The zero-order chi connectivity index (χ0) is 67.9. The molecule has 0 radical (unpaired) electrons. The molecule has 8 amide bonds. The van der Waals surface area contributed by atoms with Gasteiger partial charge in [-0.2, -0.15) is 11.8 Å². The van der Waals surface area contributed by atoms with Gasteiger partial charge >= 0.3 is 24.2 Å². The van der Waals surface area contributed by atoms with Crippen LogP contribution in [0.15, 0.2) is 66.3 Å². The Morgan fingerprint density at radius 1 is 0.968 bits per heavy atom. The van der Waals surface area contributed by atoms with Crippen LogP contribution >= 0.6 is 35.1 Å². The van der Waals surface area contributed by atoms with Crippen molar-refractivity contribution >= 4 is 99.7 Å². The van der Waals surface area contributed by atoms with Gasteiger partial charge in [-0.15, -0.1) is 0 Å². The summed E-state index contributed by atoms with van der Waals surface area (Å²) in [5.41, 5.74) is -0.514. The number of thioether (sulfide) groups is 2. The van der Waals surface area contributed by atoms with Crippen LogP contribution in [0.25, 0.3) is 0 Å². The Bertz CT molecular complexity index is 3220. The number of likely N-dealkylation sites (tertiary alicyclic amines) is 1. The molecule has 3 heterocycles. The van der Waals surface area contributed by atoms with Crippen molar-refractivity contribution in [2.45, 2.75) is 158 Å². The van der Waals surface area contributed by atoms with E-state index in [0.29, 0.717) is 29.7 Å². The molecule has 2 aliphatic carbocycles. The molecule has 28 heteroatoms. The lowest BCUT2D eigenvalue weighted by atomic mass is 9.83. The van der Waals surface area contributed by atoms with E-state index in [-0.39, 0.29) is 105 Å². The quantitative estimate of drug-likeness (QED) is 0.0323. The Kier molecular flexibility index (Phi) is 26.2. The largest absolute Gasteiger partial charge is 0.495 e. The van der Waals surface area contributed by atoms with Crippen molar-refractivity contribution in [3.05, 3.63) is 93.6 Å². The Labute approximate surface area is 555 Å². The fraction of sp³-hybridized carbons (Fsp3) is 0.569. The molecule has 508 valence electrons. The maximum absolute atomic E-state index is 14.2. The average molecular weight is 1350 g/mol. The summed E-state index contributed by atoms with van der Waals surface area (Å²) in [6.45, 7) is 6.52. The first-order valence-electron chi connectivity index (χ1n) is 31.0. The van der Waals surface area contributed by atoms with Crippen molar-refractivity contribution in [1.82, 2.24) is 30.2 Å². The lowest BCUT2D eigenvalue weighted by Crippen LogP contribution is -2.63. The number of ether oxygens (including phenoxy) is 7. The van der Waals surface area contributed by atoms with Crippen molar-refractivity contribution in [2.24, 2.45) is 5.92 Å². The van der Waals surface area contributed by atoms with Gasteiger partial charge in [0.1, 0.15) is 54.2 Å². The second kappa shape index (κ2) is 33.3. The molecular weight excluding hydrogens is 1270 g/mol. The number of Topliss-reactive ketones (excluding diaryl/α,β-unsaturated/α-hetero) is 1. The summed E-state index contributed by atoms with van der Waals surface area (Å²) in [5.74, 6) is -3.21. The van der Waals surface area contributed by atoms with E-state index in [1.54, 1.807) is 44.4 Å². The molecule has 0 saturated carbocycles. The molecule has 25 nitrogen and oxygen atoms in total. The van der Waals surface area contributed by atoms with Crippen molar-refractivity contribution < 1.29 is 86.2 Å². The van der Waals surface area contributed by atoms with Gasteiger partial charge in [0, 0.05) is 98.2 Å². The Morgan fingerprint density at radius 3 is 2.44 bits per heavy atom. The summed E-state index contributed by atoms with van der Waals surface area (Å²) in [6.07, 6.45) is 8.22. The zero-order valence-corrected chi connectivity index (χ0v) is 56.7. The highest BCUT2D eigenvalue weighted by Crippen LogP contribution is 2.49. The Hall–Kier alpha value is -7.17. The molecule has 4 N–H and O–H groups in total. The lowest BCUT2D eigenvalue weighted by molar-refractivity contribution is -0.162. The number of amides is 8. The number of rotatable bonds is 20. The van der Waals surface area contributed by atoms with Gasteiger partial charge in [0.15, 0.2) is 5.72 Å². The summed E-state index contributed by atoms with van der Waals surface area (Å²) in [7, 11) is 7.30. The first kappa shape index (κ1) is 73.2. The lowest BCUT2D eigenvalue weighted by Gasteiger charge is -2.42. The van der Waals surface area contributed by atoms with Crippen LogP contribution in [0.2, 0.25) is 5.02 Å². The predicted molar refractivity (Wildman–Crippen MR) is 348 cm³/mol. The van der Waals surface area contributed by atoms with Gasteiger partial charge in [0.2, 0.25) is 17.7 Å². The molecule has 93 heavy (non-hydrogen) atoms. The number of hydrogen-bond acceptors (Lipinski definition) is 20.